The summed E-state index contributed by atoms with van der Waals surface area (Å²) < 4.78 is 0. The molecule has 80 valence electrons. The van der Waals surface area contributed by atoms with Crippen molar-refractivity contribution in [3.8, 4) is 0 Å². The Kier molecular flexibility index (Phi) is 3.03. The van der Waals surface area contributed by atoms with Gasteiger partial charge in [0.15, 0.2) is 0 Å². The van der Waals surface area contributed by atoms with Crippen LogP contribution in [0.5, 0.6) is 0 Å². The lowest BCUT2D eigenvalue weighted by atomic mass is 10.2. The molecule has 3 nitrogen and oxygen atoms in total. The Hall–Kier alpha value is -0.930. The van der Waals surface area contributed by atoms with Crippen LogP contribution in [0.25, 0.3) is 0 Å². The first-order valence-electron chi connectivity index (χ1n) is 4.63. The van der Waals surface area contributed by atoms with Gasteiger partial charge in [0.2, 0.25) is 5.91 Å². The van der Waals surface area contributed by atoms with Gasteiger partial charge in [0, 0.05) is 18.1 Å². The van der Waals surface area contributed by atoms with Gasteiger partial charge in [0.1, 0.15) is 0 Å². The number of anilines is 1. The summed E-state index contributed by atoms with van der Waals surface area (Å²) in [6.07, 6.45) is 0. The smallest absolute Gasteiger partial charge is 0.239 e. The maximum absolute atomic E-state index is 11.2. The van der Waals surface area contributed by atoms with Crippen molar-refractivity contribution in [2.24, 2.45) is 0 Å². The number of hydrogen-bond acceptors (Lipinski definition) is 2. The summed E-state index contributed by atoms with van der Waals surface area (Å²) in [5, 5.41) is 4.00. The van der Waals surface area contributed by atoms with Crippen LogP contribution in [0.1, 0.15) is 0 Å². The van der Waals surface area contributed by atoms with Crippen LogP contribution in [0.4, 0.5) is 5.69 Å². The van der Waals surface area contributed by atoms with Gasteiger partial charge < -0.3 is 10.2 Å². The first kappa shape index (κ1) is 10.6. The van der Waals surface area contributed by atoms with Gasteiger partial charge in [-0.1, -0.05) is 23.2 Å². The summed E-state index contributed by atoms with van der Waals surface area (Å²) in [4.78, 5) is 13.1. The topological polar surface area (TPSA) is 32.3 Å². The molecule has 1 aromatic carbocycles. The van der Waals surface area contributed by atoms with Crippen molar-refractivity contribution in [3.05, 3.63) is 28.2 Å². The van der Waals surface area contributed by atoms with E-state index in [0.29, 0.717) is 23.1 Å². The molecule has 1 saturated heterocycles. The van der Waals surface area contributed by atoms with Gasteiger partial charge in [0.25, 0.3) is 0 Å². The normalized spacial score (nSPS) is 16.4. The molecule has 0 saturated carbocycles. The number of piperazine rings is 1. The third kappa shape index (κ3) is 2.36. The highest BCUT2D eigenvalue weighted by molar-refractivity contribution is 6.35. The lowest BCUT2D eigenvalue weighted by molar-refractivity contribution is -0.120. The molecule has 1 heterocycles. The quantitative estimate of drug-likeness (QED) is 0.819. The minimum Gasteiger partial charge on any atom is -0.359 e. The number of nitrogens with one attached hydrogen (secondary N) is 1. The summed E-state index contributed by atoms with van der Waals surface area (Å²) in [5.74, 6) is 0.0114. The van der Waals surface area contributed by atoms with Gasteiger partial charge in [-0.15, -0.1) is 0 Å². The molecule has 1 N–H and O–H groups in total. The molecule has 1 aliphatic heterocycles. The first-order chi connectivity index (χ1) is 7.16. The number of rotatable bonds is 1. The highest BCUT2D eigenvalue weighted by Crippen LogP contribution is 2.29. The van der Waals surface area contributed by atoms with Crippen LogP contribution >= 0.6 is 23.2 Å². The zero-order valence-electron chi connectivity index (χ0n) is 7.96. The number of carbonyl (C=O) groups is 1. The highest BCUT2D eigenvalue weighted by atomic mass is 35.5. The zero-order valence-corrected chi connectivity index (χ0v) is 9.48. The minimum atomic E-state index is 0.0114. The van der Waals surface area contributed by atoms with E-state index in [1.165, 1.54) is 0 Å². The van der Waals surface area contributed by atoms with Gasteiger partial charge in [-0.3, -0.25) is 4.79 Å². The van der Waals surface area contributed by atoms with E-state index in [0.717, 1.165) is 12.2 Å². The van der Waals surface area contributed by atoms with Gasteiger partial charge in [0.05, 0.1) is 17.3 Å². The van der Waals surface area contributed by atoms with Crippen LogP contribution in [0.15, 0.2) is 18.2 Å². The van der Waals surface area contributed by atoms with Crippen molar-refractivity contribution < 1.29 is 4.79 Å². The summed E-state index contributed by atoms with van der Waals surface area (Å²) in [7, 11) is 0. The van der Waals surface area contributed by atoms with Crippen LogP contribution in [0.3, 0.4) is 0 Å². The fourth-order valence-electron chi connectivity index (χ4n) is 1.57. The average molecular weight is 245 g/mol. The number of hydrogen-bond donors (Lipinski definition) is 1. The Bertz CT molecular complexity index is 395. The predicted octanol–water partition coefficient (Wildman–Crippen LogP) is 1.93. The van der Waals surface area contributed by atoms with E-state index in [4.69, 9.17) is 23.2 Å². The standard InChI is InChI=1S/C10H10Cl2N2O/c11-7-1-2-8(12)9(5-7)14-4-3-13-10(15)6-14/h1-2,5H,3-4,6H2,(H,13,15). The second kappa shape index (κ2) is 4.29. The van der Waals surface area contributed by atoms with E-state index in [1.54, 1.807) is 18.2 Å². The molecule has 1 aromatic rings. The van der Waals surface area contributed by atoms with Gasteiger partial charge in [-0.2, -0.15) is 0 Å². The predicted molar refractivity (Wildman–Crippen MR) is 61.7 cm³/mol. The third-order valence-corrected chi connectivity index (χ3v) is 2.84. The maximum atomic E-state index is 11.2. The van der Waals surface area contributed by atoms with Crippen LogP contribution in [0, 0.1) is 0 Å². The van der Waals surface area contributed by atoms with E-state index in [2.05, 4.69) is 5.32 Å². The molecule has 1 amide bonds. The Morgan fingerprint density at radius 3 is 2.87 bits per heavy atom. The lowest BCUT2D eigenvalue weighted by Crippen LogP contribution is -2.47. The summed E-state index contributed by atoms with van der Waals surface area (Å²) in [6, 6.07) is 5.26. The van der Waals surface area contributed by atoms with E-state index in [-0.39, 0.29) is 5.91 Å². The number of nitrogens with zero attached hydrogens (tertiary/aromatic N) is 1. The molecule has 0 bridgehead atoms. The Balaban J connectivity index is 2.27. The van der Waals surface area contributed by atoms with Crippen molar-refractivity contribution in [1.82, 2.24) is 5.32 Å². The van der Waals surface area contributed by atoms with Crippen LogP contribution in [-0.4, -0.2) is 25.5 Å². The molecule has 1 aliphatic rings. The second-order valence-corrected chi connectivity index (χ2v) is 4.21. The average Bonchev–Trinajstić information content (AvgIpc) is 2.22. The van der Waals surface area contributed by atoms with Crippen LogP contribution in [-0.2, 0) is 4.79 Å². The number of benzene rings is 1. The molecule has 0 aliphatic carbocycles. The van der Waals surface area contributed by atoms with Crippen molar-refractivity contribution >= 4 is 34.8 Å². The summed E-state index contributed by atoms with van der Waals surface area (Å²) in [6.45, 7) is 1.73. The number of amides is 1. The molecular weight excluding hydrogens is 235 g/mol. The molecule has 0 radical (unpaired) electrons. The Morgan fingerprint density at radius 2 is 2.13 bits per heavy atom. The van der Waals surface area contributed by atoms with E-state index < -0.39 is 0 Å². The highest BCUT2D eigenvalue weighted by Gasteiger charge is 2.18. The van der Waals surface area contributed by atoms with Crippen molar-refractivity contribution in [2.75, 3.05) is 24.5 Å². The monoisotopic (exact) mass is 244 g/mol. The maximum Gasteiger partial charge on any atom is 0.239 e. The Labute approximate surface area is 98.0 Å². The van der Waals surface area contributed by atoms with Gasteiger partial charge in [-0.25, -0.2) is 0 Å². The van der Waals surface area contributed by atoms with Gasteiger partial charge >= 0.3 is 0 Å². The first-order valence-corrected chi connectivity index (χ1v) is 5.39. The van der Waals surface area contributed by atoms with Crippen LogP contribution < -0.4 is 10.2 Å². The van der Waals surface area contributed by atoms with E-state index >= 15 is 0 Å². The molecule has 15 heavy (non-hydrogen) atoms. The molecular formula is C10H10Cl2N2O. The molecule has 0 unspecified atom stereocenters. The fourth-order valence-corrected chi connectivity index (χ4v) is 1.98. The molecule has 1 fully saturated rings. The van der Waals surface area contributed by atoms with E-state index in [1.807, 2.05) is 4.90 Å². The summed E-state index contributed by atoms with van der Waals surface area (Å²) >= 11 is 11.9. The third-order valence-electron chi connectivity index (χ3n) is 2.29. The number of carbonyl (C=O) groups excluding carboxylic acids is 1. The Morgan fingerprint density at radius 1 is 1.33 bits per heavy atom. The lowest BCUT2D eigenvalue weighted by Gasteiger charge is -2.29. The van der Waals surface area contributed by atoms with E-state index in [9.17, 15) is 4.79 Å². The second-order valence-electron chi connectivity index (χ2n) is 3.37. The fraction of sp³-hybridized carbons (Fsp3) is 0.300. The number of halogens is 2. The molecule has 0 aromatic heterocycles. The minimum absolute atomic E-state index is 0.0114. The molecule has 0 spiro atoms. The van der Waals surface area contributed by atoms with Crippen molar-refractivity contribution in [3.63, 3.8) is 0 Å². The van der Waals surface area contributed by atoms with Crippen molar-refractivity contribution in [2.45, 2.75) is 0 Å². The van der Waals surface area contributed by atoms with Crippen LogP contribution in [0.2, 0.25) is 10.0 Å². The zero-order chi connectivity index (χ0) is 10.8. The summed E-state index contributed by atoms with van der Waals surface area (Å²) in [5.41, 5.74) is 0.819. The van der Waals surface area contributed by atoms with Crippen molar-refractivity contribution in [1.29, 1.82) is 0 Å². The SMILES string of the molecule is O=C1CN(c2cc(Cl)ccc2Cl)CCN1. The largest absolute Gasteiger partial charge is 0.359 e. The molecule has 2 rings (SSSR count). The van der Waals surface area contributed by atoms with Gasteiger partial charge in [-0.05, 0) is 18.2 Å². The molecule has 0 atom stereocenters. The molecule has 5 heteroatoms.